The van der Waals surface area contributed by atoms with Crippen LogP contribution in [0.1, 0.15) is 5.56 Å². The Morgan fingerprint density at radius 3 is 2.61 bits per heavy atom. The first-order chi connectivity index (χ1) is 8.83. The molecule has 2 aromatic carbocycles. The minimum absolute atomic E-state index is 0.179. The quantitative estimate of drug-likeness (QED) is 0.650. The molecule has 3 aromatic rings. The molecule has 0 spiro atoms. The Kier molecular flexibility index (Phi) is 2.85. The van der Waals surface area contributed by atoms with Gasteiger partial charge in [-0.15, -0.1) is 0 Å². The molecule has 0 bridgehead atoms. The van der Waals surface area contributed by atoms with Crippen LogP contribution >= 0.6 is 0 Å². The average molecular weight is 239 g/mol. The minimum atomic E-state index is -0.179. The predicted molar refractivity (Wildman–Crippen MR) is 72.0 cm³/mol. The van der Waals surface area contributed by atoms with Crippen molar-refractivity contribution in [3.05, 3.63) is 72.2 Å². The Morgan fingerprint density at radius 2 is 1.78 bits per heavy atom. The van der Waals surface area contributed by atoms with Crippen LogP contribution in [0.25, 0.3) is 10.9 Å². The van der Waals surface area contributed by atoms with Crippen LogP contribution in [0.3, 0.4) is 0 Å². The summed E-state index contributed by atoms with van der Waals surface area (Å²) in [5, 5.41) is 1.09. The molecule has 0 aliphatic rings. The molecule has 0 atom stereocenters. The Bertz CT molecular complexity index is 655. The average Bonchev–Trinajstić information content (AvgIpc) is 2.80. The standard InChI is InChI=1S/C16H14FN/c17-15-7-6-14-9-11-18(16(14)12-15)10-8-13-4-2-1-3-5-13/h1-7,9,11-12H,8,10H2. The van der Waals surface area contributed by atoms with E-state index in [1.54, 1.807) is 6.07 Å². The molecule has 0 aliphatic carbocycles. The van der Waals surface area contributed by atoms with Crippen molar-refractivity contribution < 1.29 is 4.39 Å². The van der Waals surface area contributed by atoms with E-state index in [1.807, 2.05) is 36.5 Å². The number of aromatic nitrogens is 1. The molecule has 1 aromatic heterocycles. The van der Waals surface area contributed by atoms with E-state index < -0.39 is 0 Å². The number of aryl methyl sites for hydroxylation is 2. The molecule has 0 radical (unpaired) electrons. The predicted octanol–water partition coefficient (Wildman–Crippen LogP) is 4.02. The fourth-order valence-electron chi connectivity index (χ4n) is 2.25. The summed E-state index contributed by atoms with van der Waals surface area (Å²) in [5.41, 5.74) is 2.27. The lowest BCUT2D eigenvalue weighted by Gasteiger charge is -2.05. The van der Waals surface area contributed by atoms with Gasteiger partial charge in [-0.3, -0.25) is 0 Å². The maximum absolute atomic E-state index is 13.2. The zero-order valence-corrected chi connectivity index (χ0v) is 10.0. The van der Waals surface area contributed by atoms with Gasteiger partial charge >= 0.3 is 0 Å². The van der Waals surface area contributed by atoms with Gasteiger partial charge in [0.15, 0.2) is 0 Å². The number of benzene rings is 2. The Labute approximate surface area is 105 Å². The maximum Gasteiger partial charge on any atom is 0.125 e. The monoisotopic (exact) mass is 239 g/mol. The summed E-state index contributed by atoms with van der Waals surface area (Å²) >= 11 is 0. The van der Waals surface area contributed by atoms with Gasteiger partial charge in [-0.2, -0.15) is 0 Å². The molecule has 0 fully saturated rings. The van der Waals surface area contributed by atoms with Crippen molar-refractivity contribution in [2.75, 3.05) is 0 Å². The molecule has 3 rings (SSSR count). The molecule has 18 heavy (non-hydrogen) atoms. The SMILES string of the molecule is Fc1ccc2ccn(CCc3ccccc3)c2c1. The van der Waals surface area contributed by atoms with Crippen LogP contribution in [0.5, 0.6) is 0 Å². The fraction of sp³-hybridized carbons (Fsp3) is 0.125. The lowest BCUT2D eigenvalue weighted by Crippen LogP contribution is -1.99. The van der Waals surface area contributed by atoms with Crippen molar-refractivity contribution in [2.24, 2.45) is 0 Å². The first-order valence-electron chi connectivity index (χ1n) is 6.11. The summed E-state index contributed by atoms with van der Waals surface area (Å²) < 4.78 is 15.3. The molecular weight excluding hydrogens is 225 g/mol. The molecule has 0 amide bonds. The first-order valence-corrected chi connectivity index (χ1v) is 6.11. The summed E-state index contributed by atoms with van der Waals surface area (Å²) in [6.07, 6.45) is 2.98. The number of rotatable bonds is 3. The maximum atomic E-state index is 13.2. The van der Waals surface area contributed by atoms with Crippen LogP contribution in [0.15, 0.2) is 60.8 Å². The van der Waals surface area contributed by atoms with Gasteiger partial charge in [-0.25, -0.2) is 4.39 Å². The zero-order chi connectivity index (χ0) is 12.4. The topological polar surface area (TPSA) is 4.93 Å². The molecule has 0 saturated heterocycles. The van der Waals surface area contributed by atoms with E-state index >= 15 is 0 Å². The second-order valence-corrected chi connectivity index (χ2v) is 4.45. The van der Waals surface area contributed by atoms with E-state index in [0.717, 1.165) is 23.9 Å². The molecular formula is C16H14FN. The van der Waals surface area contributed by atoms with Gasteiger partial charge in [0.05, 0.1) is 5.52 Å². The van der Waals surface area contributed by atoms with Crippen molar-refractivity contribution in [1.29, 1.82) is 0 Å². The van der Waals surface area contributed by atoms with Crippen molar-refractivity contribution in [3.8, 4) is 0 Å². The van der Waals surface area contributed by atoms with Gasteiger partial charge in [0.1, 0.15) is 5.82 Å². The molecule has 1 nitrogen and oxygen atoms in total. The molecule has 90 valence electrons. The highest BCUT2D eigenvalue weighted by Crippen LogP contribution is 2.17. The van der Waals surface area contributed by atoms with Crippen LogP contribution in [-0.2, 0) is 13.0 Å². The van der Waals surface area contributed by atoms with Gasteiger partial charge in [-0.1, -0.05) is 30.3 Å². The number of fused-ring (bicyclic) bond motifs is 1. The highest BCUT2D eigenvalue weighted by Gasteiger charge is 2.02. The van der Waals surface area contributed by atoms with Crippen LogP contribution in [0.4, 0.5) is 4.39 Å². The van der Waals surface area contributed by atoms with E-state index in [0.29, 0.717) is 0 Å². The molecule has 0 aliphatic heterocycles. The number of halogens is 1. The smallest absolute Gasteiger partial charge is 0.125 e. The minimum Gasteiger partial charge on any atom is -0.347 e. The van der Waals surface area contributed by atoms with Crippen molar-refractivity contribution >= 4 is 10.9 Å². The third-order valence-corrected chi connectivity index (χ3v) is 3.22. The Hall–Kier alpha value is -2.09. The Balaban J connectivity index is 1.85. The van der Waals surface area contributed by atoms with Gasteiger partial charge in [0, 0.05) is 12.7 Å². The third kappa shape index (κ3) is 2.14. The highest BCUT2D eigenvalue weighted by molar-refractivity contribution is 5.80. The van der Waals surface area contributed by atoms with Gasteiger partial charge < -0.3 is 4.57 Å². The normalized spacial score (nSPS) is 10.9. The number of hydrogen-bond donors (Lipinski definition) is 0. The second-order valence-electron chi connectivity index (χ2n) is 4.45. The Morgan fingerprint density at radius 1 is 0.944 bits per heavy atom. The van der Waals surface area contributed by atoms with Gasteiger partial charge in [0.25, 0.3) is 0 Å². The highest BCUT2D eigenvalue weighted by atomic mass is 19.1. The van der Waals surface area contributed by atoms with E-state index in [2.05, 4.69) is 16.7 Å². The van der Waals surface area contributed by atoms with Crippen molar-refractivity contribution in [2.45, 2.75) is 13.0 Å². The largest absolute Gasteiger partial charge is 0.347 e. The molecule has 0 saturated carbocycles. The molecule has 0 N–H and O–H groups in total. The summed E-state index contributed by atoms with van der Waals surface area (Å²) in [5.74, 6) is -0.179. The zero-order valence-electron chi connectivity index (χ0n) is 10.0. The summed E-state index contributed by atoms with van der Waals surface area (Å²) in [6.45, 7) is 0.872. The summed E-state index contributed by atoms with van der Waals surface area (Å²) in [7, 11) is 0. The lowest BCUT2D eigenvalue weighted by atomic mass is 10.1. The van der Waals surface area contributed by atoms with Crippen LogP contribution in [0, 0.1) is 5.82 Å². The number of nitrogens with zero attached hydrogens (tertiary/aromatic N) is 1. The number of hydrogen-bond acceptors (Lipinski definition) is 0. The van der Waals surface area contributed by atoms with Gasteiger partial charge in [0.2, 0.25) is 0 Å². The fourth-order valence-corrected chi connectivity index (χ4v) is 2.25. The van der Waals surface area contributed by atoms with E-state index in [9.17, 15) is 4.39 Å². The van der Waals surface area contributed by atoms with E-state index in [1.165, 1.54) is 11.6 Å². The second kappa shape index (κ2) is 4.65. The first kappa shape index (κ1) is 11.0. The molecule has 0 unspecified atom stereocenters. The van der Waals surface area contributed by atoms with Crippen LogP contribution < -0.4 is 0 Å². The molecule has 2 heteroatoms. The van der Waals surface area contributed by atoms with E-state index in [4.69, 9.17) is 0 Å². The third-order valence-electron chi connectivity index (χ3n) is 3.22. The summed E-state index contributed by atoms with van der Waals surface area (Å²) in [6, 6.07) is 17.3. The van der Waals surface area contributed by atoms with Crippen molar-refractivity contribution in [3.63, 3.8) is 0 Å². The van der Waals surface area contributed by atoms with Gasteiger partial charge in [-0.05, 0) is 41.6 Å². The van der Waals surface area contributed by atoms with Crippen molar-refractivity contribution in [1.82, 2.24) is 4.57 Å². The van der Waals surface area contributed by atoms with E-state index in [-0.39, 0.29) is 5.82 Å². The summed E-state index contributed by atoms with van der Waals surface area (Å²) in [4.78, 5) is 0. The lowest BCUT2D eigenvalue weighted by molar-refractivity contribution is 0.627. The van der Waals surface area contributed by atoms with Crippen LogP contribution in [-0.4, -0.2) is 4.57 Å². The molecule has 1 heterocycles. The van der Waals surface area contributed by atoms with Crippen LogP contribution in [0.2, 0.25) is 0 Å².